The van der Waals surface area contributed by atoms with Crippen LogP contribution in [0.3, 0.4) is 0 Å². The van der Waals surface area contributed by atoms with Crippen molar-refractivity contribution in [2.45, 2.75) is 12.5 Å². The molecule has 3 N–H and O–H groups in total. The molecule has 2 aromatic carbocycles. The summed E-state index contributed by atoms with van der Waals surface area (Å²) < 4.78 is 0. The Morgan fingerprint density at radius 2 is 1.90 bits per heavy atom. The Hall–Kier alpha value is -1.84. The van der Waals surface area contributed by atoms with E-state index in [2.05, 4.69) is 5.32 Å². The fraction of sp³-hybridized carbons (Fsp3) is 0.188. The Labute approximate surface area is 123 Å². The van der Waals surface area contributed by atoms with Crippen LogP contribution in [0.15, 0.2) is 54.6 Å². The molecule has 4 heteroatoms. The second kappa shape index (κ2) is 7.08. The first-order chi connectivity index (χ1) is 9.66. The van der Waals surface area contributed by atoms with Crippen molar-refractivity contribution in [1.82, 2.24) is 5.32 Å². The predicted molar refractivity (Wildman–Crippen MR) is 81.5 cm³/mol. The highest BCUT2D eigenvalue weighted by Crippen LogP contribution is 2.13. The van der Waals surface area contributed by atoms with E-state index in [1.165, 1.54) is 0 Å². The SMILES string of the molecule is NC(=O)[C@@H](NCCc1cccc(Cl)c1)c1ccccc1. The van der Waals surface area contributed by atoms with Crippen LogP contribution < -0.4 is 11.1 Å². The molecule has 0 fully saturated rings. The minimum atomic E-state index is -0.463. The molecule has 1 amide bonds. The Morgan fingerprint density at radius 3 is 2.55 bits per heavy atom. The van der Waals surface area contributed by atoms with Gasteiger partial charge in [-0.3, -0.25) is 4.79 Å². The van der Waals surface area contributed by atoms with Crippen LogP contribution in [-0.4, -0.2) is 12.5 Å². The lowest BCUT2D eigenvalue weighted by molar-refractivity contribution is -0.120. The summed E-state index contributed by atoms with van der Waals surface area (Å²) >= 11 is 5.94. The van der Waals surface area contributed by atoms with Crippen LogP contribution in [0.5, 0.6) is 0 Å². The fourth-order valence-corrected chi connectivity index (χ4v) is 2.29. The van der Waals surface area contributed by atoms with Gasteiger partial charge in [0.15, 0.2) is 0 Å². The van der Waals surface area contributed by atoms with Crippen molar-refractivity contribution < 1.29 is 4.79 Å². The molecule has 2 aromatic rings. The van der Waals surface area contributed by atoms with E-state index in [0.29, 0.717) is 6.54 Å². The fourth-order valence-electron chi connectivity index (χ4n) is 2.08. The molecule has 0 heterocycles. The second-order valence-corrected chi connectivity index (χ2v) is 5.02. The average molecular weight is 289 g/mol. The molecule has 20 heavy (non-hydrogen) atoms. The third-order valence-electron chi connectivity index (χ3n) is 3.07. The van der Waals surface area contributed by atoms with Gasteiger partial charge in [0.1, 0.15) is 6.04 Å². The number of primary amides is 1. The molecule has 0 aliphatic carbocycles. The summed E-state index contributed by atoms with van der Waals surface area (Å²) in [6.07, 6.45) is 0.789. The summed E-state index contributed by atoms with van der Waals surface area (Å²) in [7, 11) is 0. The average Bonchev–Trinajstić information content (AvgIpc) is 2.44. The van der Waals surface area contributed by atoms with Crippen LogP contribution in [0, 0.1) is 0 Å². The number of nitrogens with one attached hydrogen (secondary N) is 1. The first-order valence-corrected chi connectivity index (χ1v) is 6.86. The summed E-state index contributed by atoms with van der Waals surface area (Å²) in [6.45, 7) is 0.656. The number of benzene rings is 2. The number of rotatable bonds is 6. The van der Waals surface area contributed by atoms with E-state index >= 15 is 0 Å². The van der Waals surface area contributed by atoms with Crippen molar-refractivity contribution in [2.24, 2.45) is 5.73 Å². The van der Waals surface area contributed by atoms with E-state index < -0.39 is 6.04 Å². The lowest BCUT2D eigenvalue weighted by Crippen LogP contribution is -2.34. The molecular weight excluding hydrogens is 272 g/mol. The lowest BCUT2D eigenvalue weighted by Gasteiger charge is -2.15. The number of nitrogens with two attached hydrogens (primary N) is 1. The maximum absolute atomic E-state index is 11.5. The van der Waals surface area contributed by atoms with Gasteiger partial charge in [0.2, 0.25) is 5.91 Å². The molecule has 0 radical (unpaired) electrons. The minimum absolute atomic E-state index is 0.373. The molecule has 104 valence electrons. The topological polar surface area (TPSA) is 55.1 Å². The third kappa shape index (κ3) is 4.08. The van der Waals surface area contributed by atoms with Crippen LogP contribution in [-0.2, 0) is 11.2 Å². The zero-order chi connectivity index (χ0) is 14.4. The van der Waals surface area contributed by atoms with Gasteiger partial charge in [0.05, 0.1) is 0 Å². The third-order valence-corrected chi connectivity index (χ3v) is 3.30. The van der Waals surface area contributed by atoms with Crippen molar-refractivity contribution in [3.63, 3.8) is 0 Å². The number of hydrogen-bond donors (Lipinski definition) is 2. The number of carbonyl (C=O) groups excluding carboxylic acids is 1. The smallest absolute Gasteiger partial charge is 0.239 e. The normalized spacial score (nSPS) is 12.1. The highest BCUT2D eigenvalue weighted by Gasteiger charge is 2.16. The van der Waals surface area contributed by atoms with Crippen LogP contribution in [0.25, 0.3) is 0 Å². The van der Waals surface area contributed by atoms with Gasteiger partial charge in [0, 0.05) is 11.6 Å². The second-order valence-electron chi connectivity index (χ2n) is 4.58. The zero-order valence-electron chi connectivity index (χ0n) is 11.1. The van der Waals surface area contributed by atoms with Crippen molar-refractivity contribution in [3.8, 4) is 0 Å². The molecule has 0 saturated heterocycles. The van der Waals surface area contributed by atoms with Crippen LogP contribution in [0.1, 0.15) is 17.2 Å². The van der Waals surface area contributed by atoms with Gasteiger partial charge in [-0.2, -0.15) is 0 Å². The van der Waals surface area contributed by atoms with E-state index in [9.17, 15) is 4.79 Å². The zero-order valence-corrected chi connectivity index (χ0v) is 11.8. The number of hydrogen-bond acceptors (Lipinski definition) is 2. The van der Waals surface area contributed by atoms with E-state index in [0.717, 1.165) is 22.6 Å². The molecular formula is C16H17ClN2O. The van der Waals surface area contributed by atoms with Crippen LogP contribution in [0.4, 0.5) is 0 Å². The minimum Gasteiger partial charge on any atom is -0.368 e. The van der Waals surface area contributed by atoms with Gasteiger partial charge >= 0.3 is 0 Å². The Kier molecular flexibility index (Phi) is 5.16. The van der Waals surface area contributed by atoms with Gasteiger partial charge in [-0.15, -0.1) is 0 Å². The Morgan fingerprint density at radius 1 is 1.15 bits per heavy atom. The van der Waals surface area contributed by atoms with Crippen LogP contribution >= 0.6 is 11.6 Å². The molecule has 1 atom stereocenters. The molecule has 0 bridgehead atoms. The Bertz CT molecular complexity index is 572. The molecule has 0 aliphatic rings. The summed E-state index contributed by atoms with van der Waals surface area (Å²) in [6, 6.07) is 16.7. The number of halogens is 1. The monoisotopic (exact) mass is 288 g/mol. The molecule has 0 saturated carbocycles. The van der Waals surface area contributed by atoms with E-state index in [-0.39, 0.29) is 5.91 Å². The largest absolute Gasteiger partial charge is 0.368 e. The highest BCUT2D eigenvalue weighted by atomic mass is 35.5. The molecule has 2 rings (SSSR count). The molecule has 3 nitrogen and oxygen atoms in total. The van der Waals surface area contributed by atoms with Gasteiger partial charge in [0.25, 0.3) is 0 Å². The molecule has 0 aromatic heterocycles. The number of carbonyl (C=O) groups is 1. The summed E-state index contributed by atoms with van der Waals surface area (Å²) in [5.74, 6) is -0.373. The molecule has 0 unspecified atom stereocenters. The Balaban J connectivity index is 1.95. The van der Waals surface area contributed by atoms with Crippen molar-refractivity contribution in [3.05, 3.63) is 70.7 Å². The number of amides is 1. The van der Waals surface area contributed by atoms with Gasteiger partial charge in [-0.25, -0.2) is 0 Å². The standard InChI is InChI=1S/C16H17ClN2O/c17-14-8-4-5-12(11-14)9-10-19-15(16(18)20)13-6-2-1-3-7-13/h1-8,11,15,19H,9-10H2,(H2,18,20)/t15-/m0/s1. The van der Waals surface area contributed by atoms with Gasteiger partial charge in [-0.1, -0.05) is 54.1 Å². The van der Waals surface area contributed by atoms with Gasteiger partial charge < -0.3 is 11.1 Å². The van der Waals surface area contributed by atoms with E-state index in [1.807, 2.05) is 54.6 Å². The first-order valence-electron chi connectivity index (χ1n) is 6.49. The van der Waals surface area contributed by atoms with E-state index in [4.69, 9.17) is 17.3 Å². The van der Waals surface area contributed by atoms with E-state index in [1.54, 1.807) is 0 Å². The van der Waals surface area contributed by atoms with Crippen molar-refractivity contribution in [2.75, 3.05) is 6.54 Å². The summed E-state index contributed by atoms with van der Waals surface area (Å²) in [5.41, 5.74) is 7.46. The molecule has 0 spiro atoms. The van der Waals surface area contributed by atoms with Crippen molar-refractivity contribution in [1.29, 1.82) is 0 Å². The first kappa shape index (κ1) is 14.6. The van der Waals surface area contributed by atoms with Gasteiger partial charge in [-0.05, 0) is 29.7 Å². The van der Waals surface area contributed by atoms with Crippen molar-refractivity contribution >= 4 is 17.5 Å². The summed E-state index contributed by atoms with van der Waals surface area (Å²) in [4.78, 5) is 11.5. The quantitative estimate of drug-likeness (QED) is 0.859. The van der Waals surface area contributed by atoms with Crippen LogP contribution in [0.2, 0.25) is 5.02 Å². The summed E-state index contributed by atoms with van der Waals surface area (Å²) in [5, 5.41) is 3.91. The maximum Gasteiger partial charge on any atom is 0.239 e. The molecule has 0 aliphatic heterocycles. The predicted octanol–water partition coefficient (Wildman–Crippen LogP) is 2.70. The highest BCUT2D eigenvalue weighted by molar-refractivity contribution is 6.30. The maximum atomic E-state index is 11.5. The lowest BCUT2D eigenvalue weighted by atomic mass is 10.1.